The quantitative estimate of drug-likeness (QED) is 0.578. The maximum atomic E-state index is 12.3. The first-order chi connectivity index (χ1) is 12.5. The predicted octanol–water partition coefficient (Wildman–Crippen LogP) is 3.28. The molecule has 2 aromatic rings. The van der Waals surface area contributed by atoms with Gasteiger partial charge in [0.15, 0.2) is 5.75 Å². The van der Waals surface area contributed by atoms with Gasteiger partial charge in [0.25, 0.3) is 5.91 Å². The molecule has 0 aliphatic heterocycles. The van der Waals surface area contributed by atoms with Crippen molar-refractivity contribution in [3.05, 3.63) is 63.2 Å². The van der Waals surface area contributed by atoms with Gasteiger partial charge in [0.05, 0.1) is 18.6 Å². The summed E-state index contributed by atoms with van der Waals surface area (Å²) in [6.07, 6.45) is 0.593. The third-order valence-electron chi connectivity index (χ3n) is 3.83. The Morgan fingerprint density at radius 1 is 1.19 bits per heavy atom. The van der Waals surface area contributed by atoms with Crippen molar-refractivity contribution in [1.82, 2.24) is 5.32 Å². The second-order valence-electron chi connectivity index (χ2n) is 5.69. The Bertz CT molecular complexity index is 805. The van der Waals surface area contributed by atoms with Crippen LogP contribution >= 0.6 is 0 Å². The molecule has 0 bridgehead atoms. The monoisotopic (exact) mass is 358 g/mol. The molecule has 0 aliphatic carbocycles. The van der Waals surface area contributed by atoms with Crippen molar-refractivity contribution in [2.45, 2.75) is 20.3 Å². The average molecular weight is 358 g/mol. The molecular weight excluding hydrogens is 336 g/mol. The molecule has 1 amide bonds. The molecular formula is C19H22N2O5. The number of ether oxygens (including phenoxy) is 2. The maximum Gasteiger partial charge on any atom is 0.311 e. The third-order valence-corrected chi connectivity index (χ3v) is 3.83. The zero-order chi connectivity index (χ0) is 19.1. The highest BCUT2D eigenvalue weighted by Crippen LogP contribution is 2.28. The molecule has 0 atom stereocenters. The van der Waals surface area contributed by atoms with Crippen LogP contribution in [0, 0.1) is 17.0 Å². The molecule has 0 heterocycles. The summed E-state index contributed by atoms with van der Waals surface area (Å²) in [5.41, 5.74) is 2.09. The highest BCUT2D eigenvalue weighted by molar-refractivity contribution is 5.95. The molecule has 26 heavy (non-hydrogen) atoms. The molecule has 1 N–H and O–H groups in total. The number of carbonyl (C=O) groups is 1. The SMILES string of the molecule is CCOc1ccc(C(=O)NCCc2cc(C)ccc2OC)cc1[N+](=O)[O-]. The van der Waals surface area contributed by atoms with Crippen LogP contribution in [0.2, 0.25) is 0 Å². The van der Waals surface area contributed by atoms with E-state index < -0.39 is 4.92 Å². The minimum Gasteiger partial charge on any atom is -0.496 e. The summed E-state index contributed by atoms with van der Waals surface area (Å²) in [7, 11) is 1.60. The number of benzene rings is 2. The largest absolute Gasteiger partial charge is 0.496 e. The molecule has 0 radical (unpaired) electrons. The smallest absolute Gasteiger partial charge is 0.311 e. The summed E-state index contributed by atoms with van der Waals surface area (Å²) in [4.78, 5) is 22.9. The molecule has 0 spiro atoms. The second-order valence-corrected chi connectivity index (χ2v) is 5.69. The summed E-state index contributed by atoms with van der Waals surface area (Å²) in [6, 6.07) is 10.0. The Labute approximate surface area is 152 Å². The van der Waals surface area contributed by atoms with Crippen LogP contribution in [0.25, 0.3) is 0 Å². The van der Waals surface area contributed by atoms with Crippen molar-refractivity contribution in [3.8, 4) is 11.5 Å². The number of nitro benzene ring substituents is 1. The lowest BCUT2D eigenvalue weighted by atomic mass is 10.1. The molecule has 0 saturated carbocycles. The van der Waals surface area contributed by atoms with Crippen LogP contribution in [0.15, 0.2) is 36.4 Å². The first kappa shape index (κ1) is 19.2. The summed E-state index contributed by atoms with van der Waals surface area (Å²) in [6.45, 7) is 4.43. The first-order valence-electron chi connectivity index (χ1n) is 8.29. The van der Waals surface area contributed by atoms with Crippen molar-refractivity contribution < 1.29 is 19.2 Å². The van der Waals surface area contributed by atoms with E-state index in [9.17, 15) is 14.9 Å². The molecule has 0 aromatic heterocycles. The van der Waals surface area contributed by atoms with Crippen LogP contribution < -0.4 is 14.8 Å². The van der Waals surface area contributed by atoms with Gasteiger partial charge in [-0.25, -0.2) is 0 Å². The Balaban J connectivity index is 2.05. The van der Waals surface area contributed by atoms with Gasteiger partial charge < -0.3 is 14.8 Å². The van der Waals surface area contributed by atoms with E-state index in [2.05, 4.69) is 5.32 Å². The zero-order valence-corrected chi connectivity index (χ0v) is 15.1. The summed E-state index contributed by atoms with van der Waals surface area (Å²) in [5, 5.41) is 13.9. The Hall–Kier alpha value is -3.09. The minimum absolute atomic E-state index is 0.151. The van der Waals surface area contributed by atoms with Crippen LogP contribution in [0.5, 0.6) is 11.5 Å². The van der Waals surface area contributed by atoms with Gasteiger partial charge in [-0.2, -0.15) is 0 Å². The van der Waals surface area contributed by atoms with E-state index in [1.807, 2.05) is 25.1 Å². The first-order valence-corrected chi connectivity index (χ1v) is 8.29. The Morgan fingerprint density at radius 3 is 2.58 bits per heavy atom. The number of methoxy groups -OCH3 is 1. The molecule has 0 fully saturated rings. The molecule has 0 saturated heterocycles. The standard InChI is InChI=1S/C19H22N2O5/c1-4-26-18-8-6-15(12-16(18)21(23)24)19(22)20-10-9-14-11-13(2)5-7-17(14)25-3/h5-8,11-12H,4,9-10H2,1-3H3,(H,20,22). The number of nitrogens with zero attached hydrogens (tertiary/aromatic N) is 1. The number of nitrogens with one attached hydrogen (secondary N) is 1. The van der Waals surface area contributed by atoms with Crippen LogP contribution in [0.4, 0.5) is 5.69 Å². The van der Waals surface area contributed by atoms with E-state index in [-0.39, 0.29) is 22.9 Å². The van der Waals surface area contributed by atoms with Crippen LogP contribution in [0.1, 0.15) is 28.4 Å². The van der Waals surface area contributed by atoms with Crippen molar-refractivity contribution in [2.75, 3.05) is 20.3 Å². The number of hydrogen-bond acceptors (Lipinski definition) is 5. The van der Waals surface area contributed by atoms with Crippen molar-refractivity contribution in [3.63, 3.8) is 0 Å². The number of nitro groups is 1. The van der Waals surface area contributed by atoms with Gasteiger partial charge >= 0.3 is 5.69 Å². The second kappa shape index (κ2) is 8.84. The van der Waals surface area contributed by atoms with Gasteiger partial charge in [-0.1, -0.05) is 17.7 Å². The van der Waals surface area contributed by atoms with Gasteiger partial charge in [0, 0.05) is 18.2 Å². The molecule has 2 aromatic carbocycles. The van der Waals surface area contributed by atoms with E-state index in [0.717, 1.165) is 16.9 Å². The van der Waals surface area contributed by atoms with E-state index in [1.54, 1.807) is 14.0 Å². The average Bonchev–Trinajstić information content (AvgIpc) is 2.62. The molecule has 138 valence electrons. The Morgan fingerprint density at radius 2 is 1.92 bits per heavy atom. The summed E-state index contributed by atoms with van der Waals surface area (Å²) in [5.74, 6) is 0.544. The topological polar surface area (TPSA) is 90.7 Å². The van der Waals surface area contributed by atoms with Gasteiger partial charge in [0.1, 0.15) is 5.75 Å². The fourth-order valence-corrected chi connectivity index (χ4v) is 2.59. The van der Waals surface area contributed by atoms with Crippen molar-refractivity contribution >= 4 is 11.6 Å². The van der Waals surface area contributed by atoms with Gasteiger partial charge in [-0.3, -0.25) is 14.9 Å². The van der Waals surface area contributed by atoms with E-state index in [0.29, 0.717) is 19.6 Å². The molecule has 7 nitrogen and oxygen atoms in total. The number of hydrogen-bond donors (Lipinski definition) is 1. The van der Waals surface area contributed by atoms with Crippen LogP contribution in [-0.4, -0.2) is 31.1 Å². The fourth-order valence-electron chi connectivity index (χ4n) is 2.59. The minimum atomic E-state index is -0.556. The number of rotatable bonds is 8. The molecule has 2 rings (SSSR count). The lowest BCUT2D eigenvalue weighted by molar-refractivity contribution is -0.385. The van der Waals surface area contributed by atoms with E-state index in [1.165, 1.54) is 18.2 Å². The zero-order valence-electron chi connectivity index (χ0n) is 15.1. The van der Waals surface area contributed by atoms with Crippen LogP contribution in [-0.2, 0) is 6.42 Å². The fraction of sp³-hybridized carbons (Fsp3) is 0.316. The number of carbonyl (C=O) groups excluding carboxylic acids is 1. The van der Waals surface area contributed by atoms with E-state index in [4.69, 9.17) is 9.47 Å². The van der Waals surface area contributed by atoms with Gasteiger partial charge in [-0.05, 0) is 44.0 Å². The van der Waals surface area contributed by atoms with Crippen LogP contribution in [0.3, 0.4) is 0 Å². The maximum absolute atomic E-state index is 12.3. The number of amides is 1. The predicted molar refractivity (Wildman–Crippen MR) is 98.0 cm³/mol. The van der Waals surface area contributed by atoms with Crippen molar-refractivity contribution in [2.24, 2.45) is 0 Å². The lowest BCUT2D eigenvalue weighted by Gasteiger charge is -2.11. The van der Waals surface area contributed by atoms with E-state index >= 15 is 0 Å². The highest BCUT2D eigenvalue weighted by atomic mass is 16.6. The van der Waals surface area contributed by atoms with Crippen molar-refractivity contribution in [1.29, 1.82) is 0 Å². The highest BCUT2D eigenvalue weighted by Gasteiger charge is 2.18. The summed E-state index contributed by atoms with van der Waals surface area (Å²) < 4.78 is 10.5. The van der Waals surface area contributed by atoms with Gasteiger partial charge in [-0.15, -0.1) is 0 Å². The lowest BCUT2D eigenvalue weighted by Crippen LogP contribution is -2.25. The molecule has 7 heteroatoms. The Kier molecular flexibility index (Phi) is 6.54. The third kappa shape index (κ3) is 4.72. The number of aryl methyl sites for hydroxylation is 1. The molecule has 0 aliphatic rings. The van der Waals surface area contributed by atoms with Gasteiger partial charge in [0.2, 0.25) is 0 Å². The molecule has 0 unspecified atom stereocenters. The normalized spacial score (nSPS) is 10.3. The summed E-state index contributed by atoms with van der Waals surface area (Å²) >= 11 is 0.